The molecule has 126 valence electrons. The summed E-state index contributed by atoms with van der Waals surface area (Å²) in [5, 5.41) is 8.76. The highest BCUT2D eigenvalue weighted by molar-refractivity contribution is 5.67. The largest absolute Gasteiger partial charge is 0.481 e. The fourth-order valence-corrected chi connectivity index (χ4v) is 3.62. The second kappa shape index (κ2) is 8.55. The molecule has 0 spiro atoms. The minimum Gasteiger partial charge on any atom is -0.481 e. The van der Waals surface area contributed by atoms with Gasteiger partial charge in [0.2, 0.25) is 0 Å². The Morgan fingerprint density at radius 1 is 1.36 bits per heavy atom. The monoisotopic (exact) mass is 306 g/mol. The van der Waals surface area contributed by atoms with E-state index in [1.54, 1.807) is 11.1 Å². The van der Waals surface area contributed by atoms with Crippen LogP contribution in [0.5, 0.6) is 0 Å². The van der Waals surface area contributed by atoms with Gasteiger partial charge in [-0.15, -0.1) is 0 Å². The Morgan fingerprint density at radius 3 is 2.64 bits per heavy atom. The fraction of sp³-hybridized carbons (Fsp3) is 0.750. The van der Waals surface area contributed by atoms with Gasteiger partial charge in [-0.05, 0) is 62.7 Å². The normalized spacial score (nSPS) is 21.1. The lowest BCUT2D eigenvalue weighted by molar-refractivity contribution is -0.137. The third-order valence-corrected chi connectivity index (χ3v) is 5.07. The molecule has 0 aromatic rings. The van der Waals surface area contributed by atoms with E-state index in [0.29, 0.717) is 11.3 Å². The molecule has 0 radical (unpaired) electrons. The van der Waals surface area contributed by atoms with Crippen LogP contribution >= 0.6 is 0 Å². The Balaban J connectivity index is 2.41. The van der Waals surface area contributed by atoms with Gasteiger partial charge in [0.25, 0.3) is 0 Å². The smallest absolute Gasteiger partial charge is 0.303 e. The number of aliphatic carboxylic acids is 1. The van der Waals surface area contributed by atoms with Gasteiger partial charge in [0.15, 0.2) is 0 Å². The van der Waals surface area contributed by atoms with Gasteiger partial charge >= 0.3 is 5.97 Å². The summed E-state index contributed by atoms with van der Waals surface area (Å²) < 4.78 is 0. The molecule has 0 amide bonds. The lowest BCUT2D eigenvalue weighted by Crippen LogP contribution is -2.20. The lowest BCUT2D eigenvalue weighted by atomic mass is 9.70. The molecule has 2 heteroatoms. The molecule has 0 saturated carbocycles. The van der Waals surface area contributed by atoms with Crippen LogP contribution < -0.4 is 0 Å². The van der Waals surface area contributed by atoms with E-state index >= 15 is 0 Å². The Hall–Kier alpha value is -1.05. The topological polar surface area (TPSA) is 37.3 Å². The minimum atomic E-state index is -0.716. The quantitative estimate of drug-likeness (QED) is 0.559. The highest BCUT2D eigenvalue weighted by Gasteiger charge is 2.27. The summed E-state index contributed by atoms with van der Waals surface area (Å²) in [7, 11) is 0. The van der Waals surface area contributed by atoms with Crippen molar-refractivity contribution in [3.8, 4) is 0 Å². The van der Waals surface area contributed by atoms with Crippen molar-refractivity contribution in [2.45, 2.75) is 79.6 Å². The molecular formula is C20H34O2. The first-order valence-corrected chi connectivity index (χ1v) is 8.80. The molecule has 0 bridgehead atoms. The molecule has 2 unspecified atom stereocenters. The van der Waals surface area contributed by atoms with Crippen molar-refractivity contribution in [3.63, 3.8) is 0 Å². The maximum absolute atomic E-state index is 10.6. The Kier molecular flexibility index (Phi) is 7.38. The molecular weight excluding hydrogens is 272 g/mol. The predicted molar refractivity (Wildman–Crippen MR) is 93.9 cm³/mol. The Bertz CT molecular complexity index is 429. The summed E-state index contributed by atoms with van der Waals surface area (Å²) in [6.07, 6.45) is 11.9. The first kappa shape index (κ1) is 19.0. The van der Waals surface area contributed by atoms with Crippen LogP contribution in [0, 0.1) is 17.3 Å². The molecule has 0 heterocycles. The number of rotatable bonds is 8. The summed E-state index contributed by atoms with van der Waals surface area (Å²) in [5.41, 5.74) is 3.69. The molecule has 2 atom stereocenters. The molecule has 0 aromatic carbocycles. The van der Waals surface area contributed by atoms with E-state index in [1.807, 2.05) is 6.92 Å². The lowest BCUT2D eigenvalue weighted by Gasteiger charge is -2.35. The third kappa shape index (κ3) is 6.37. The number of carboxylic acids is 1. The number of hydrogen-bond donors (Lipinski definition) is 1. The standard InChI is InChI=1S/C20H34O2/c1-15(8-6-9-16(2)14-19(21)22)11-12-18-17(3)10-7-13-20(18,4)5/h6,9,15-16H,7-8,10-14H2,1-5H3,(H,21,22)/b9-6+. The van der Waals surface area contributed by atoms with Crippen LogP contribution in [0.1, 0.15) is 79.6 Å². The van der Waals surface area contributed by atoms with E-state index in [9.17, 15) is 4.79 Å². The van der Waals surface area contributed by atoms with Crippen molar-refractivity contribution in [1.29, 1.82) is 0 Å². The van der Waals surface area contributed by atoms with Crippen LogP contribution in [0.25, 0.3) is 0 Å². The number of carboxylic acid groups (broad SMARTS) is 1. The number of hydrogen-bond acceptors (Lipinski definition) is 1. The van der Waals surface area contributed by atoms with Crippen LogP contribution in [-0.2, 0) is 4.79 Å². The van der Waals surface area contributed by atoms with Gasteiger partial charge in [0.05, 0.1) is 6.42 Å². The molecule has 0 saturated heterocycles. The zero-order valence-corrected chi connectivity index (χ0v) is 15.1. The summed E-state index contributed by atoms with van der Waals surface area (Å²) in [6, 6.07) is 0. The number of carbonyl (C=O) groups is 1. The van der Waals surface area contributed by atoms with Crippen molar-refractivity contribution in [2.75, 3.05) is 0 Å². The molecule has 1 N–H and O–H groups in total. The zero-order chi connectivity index (χ0) is 16.8. The summed E-state index contributed by atoms with van der Waals surface area (Å²) in [6.45, 7) is 11.4. The van der Waals surface area contributed by atoms with E-state index in [0.717, 1.165) is 6.42 Å². The maximum Gasteiger partial charge on any atom is 0.303 e. The van der Waals surface area contributed by atoms with E-state index in [-0.39, 0.29) is 12.3 Å². The maximum atomic E-state index is 10.6. The second-order valence-corrected chi connectivity index (χ2v) is 7.88. The van der Waals surface area contributed by atoms with Gasteiger partial charge < -0.3 is 5.11 Å². The SMILES string of the molecule is CC1=C(CCC(C)C/C=C/C(C)CC(=O)O)C(C)(C)CCC1. The zero-order valence-electron chi connectivity index (χ0n) is 15.1. The van der Waals surface area contributed by atoms with Crippen LogP contribution in [0.15, 0.2) is 23.3 Å². The summed E-state index contributed by atoms with van der Waals surface area (Å²) >= 11 is 0. The van der Waals surface area contributed by atoms with Crippen LogP contribution in [0.3, 0.4) is 0 Å². The van der Waals surface area contributed by atoms with Crippen molar-refractivity contribution in [1.82, 2.24) is 0 Å². The van der Waals surface area contributed by atoms with Crippen LogP contribution in [0.2, 0.25) is 0 Å². The molecule has 22 heavy (non-hydrogen) atoms. The minimum absolute atomic E-state index is 0.131. The molecule has 1 aliphatic rings. The average molecular weight is 306 g/mol. The van der Waals surface area contributed by atoms with Gasteiger partial charge in [-0.3, -0.25) is 4.79 Å². The molecule has 0 aliphatic heterocycles. The van der Waals surface area contributed by atoms with Crippen molar-refractivity contribution >= 4 is 5.97 Å². The summed E-state index contributed by atoms with van der Waals surface area (Å²) in [4.78, 5) is 10.6. The van der Waals surface area contributed by atoms with E-state index in [2.05, 4.69) is 39.8 Å². The van der Waals surface area contributed by atoms with E-state index < -0.39 is 5.97 Å². The highest BCUT2D eigenvalue weighted by Crippen LogP contribution is 2.42. The Labute approximate surface area is 136 Å². The molecule has 0 aromatic heterocycles. The van der Waals surface area contributed by atoms with E-state index in [1.165, 1.54) is 32.1 Å². The van der Waals surface area contributed by atoms with Crippen molar-refractivity contribution < 1.29 is 9.90 Å². The predicted octanol–water partition coefficient (Wildman–Crippen LogP) is 5.99. The Morgan fingerprint density at radius 2 is 2.05 bits per heavy atom. The molecule has 2 nitrogen and oxygen atoms in total. The first-order valence-electron chi connectivity index (χ1n) is 8.80. The van der Waals surface area contributed by atoms with Crippen molar-refractivity contribution in [3.05, 3.63) is 23.3 Å². The van der Waals surface area contributed by atoms with Gasteiger partial charge in [-0.25, -0.2) is 0 Å². The number of allylic oxidation sites excluding steroid dienone is 4. The van der Waals surface area contributed by atoms with Crippen molar-refractivity contribution in [2.24, 2.45) is 17.3 Å². The third-order valence-electron chi connectivity index (χ3n) is 5.07. The second-order valence-electron chi connectivity index (χ2n) is 7.88. The first-order chi connectivity index (χ1) is 10.2. The molecule has 1 rings (SSSR count). The summed E-state index contributed by atoms with van der Waals surface area (Å²) in [5.74, 6) is 0.0744. The van der Waals surface area contributed by atoms with Crippen LogP contribution in [0.4, 0.5) is 0 Å². The van der Waals surface area contributed by atoms with Gasteiger partial charge in [0, 0.05) is 0 Å². The highest BCUT2D eigenvalue weighted by atomic mass is 16.4. The molecule has 0 fully saturated rings. The van der Waals surface area contributed by atoms with Gasteiger partial charge in [-0.1, -0.05) is 51.0 Å². The van der Waals surface area contributed by atoms with Crippen LogP contribution in [-0.4, -0.2) is 11.1 Å². The average Bonchev–Trinajstić information content (AvgIpc) is 2.36. The fourth-order valence-electron chi connectivity index (χ4n) is 3.62. The van der Waals surface area contributed by atoms with E-state index in [4.69, 9.17) is 5.11 Å². The molecule has 1 aliphatic carbocycles. The van der Waals surface area contributed by atoms with Gasteiger partial charge in [0.1, 0.15) is 0 Å². The van der Waals surface area contributed by atoms with Gasteiger partial charge in [-0.2, -0.15) is 0 Å².